The molecule has 0 N–H and O–H groups in total. The van der Waals surface area contributed by atoms with E-state index < -0.39 is 10.0 Å². The molecule has 1 aliphatic heterocycles. The number of nitrogens with zero attached hydrogens (tertiary/aromatic N) is 2. The zero-order valence-electron chi connectivity index (χ0n) is 13.3. The van der Waals surface area contributed by atoms with Gasteiger partial charge in [-0.05, 0) is 30.7 Å². The number of nitriles is 1. The zero-order chi connectivity index (χ0) is 17.2. The average molecular weight is 342 g/mol. The summed E-state index contributed by atoms with van der Waals surface area (Å²) in [6.45, 7) is 2.41. The molecule has 0 aromatic heterocycles. The predicted molar refractivity (Wildman–Crippen MR) is 89.6 cm³/mol. The van der Waals surface area contributed by atoms with Gasteiger partial charge in [-0.2, -0.15) is 9.57 Å². The van der Waals surface area contributed by atoms with E-state index in [1.54, 1.807) is 12.1 Å². The third-order valence-electron chi connectivity index (χ3n) is 4.12. The largest absolute Gasteiger partial charge is 0.370 e. The first-order chi connectivity index (χ1) is 11.5. The van der Waals surface area contributed by atoms with Crippen LogP contribution in [0.5, 0.6) is 0 Å². The van der Waals surface area contributed by atoms with Crippen LogP contribution in [0.2, 0.25) is 0 Å². The molecule has 0 unspecified atom stereocenters. The normalized spacial score (nSPS) is 22.0. The molecule has 5 nitrogen and oxygen atoms in total. The van der Waals surface area contributed by atoms with E-state index >= 15 is 0 Å². The summed E-state index contributed by atoms with van der Waals surface area (Å²) in [6.07, 6.45) is -0.295. The molecule has 1 fully saturated rings. The highest BCUT2D eigenvalue weighted by Gasteiger charge is 2.36. The maximum atomic E-state index is 13.0. The average Bonchev–Trinajstić information content (AvgIpc) is 2.62. The van der Waals surface area contributed by atoms with Crippen LogP contribution in [-0.4, -0.2) is 31.9 Å². The molecular weight excluding hydrogens is 324 g/mol. The Morgan fingerprint density at radius 1 is 1.17 bits per heavy atom. The fourth-order valence-corrected chi connectivity index (χ4v) is 4.46. The molecule has 1 aliphatic rings. The molecule has 2 atom stereocenters. The number of ether oxygens (including phenoxy) is 1. The Morgan fingerprint density at radius 3 is 2.62 bits per heavy atom. The topological polar surface area (TPSA) is 70.4 Å². The molecule has 6 heteroatoms. The third kappa shape index (κ3) is 3.20. The van der Waals surface area contributed by atoms with Crippen molar-refractivity contribution in [3.05, 3.63) is 65.7 Å². The van der Waals surface area contributed by atoms with Crippen LogP contribution in [-0.2, 0) is 14.8 Å². The van der Waals surface area contributed by atoms with Crippen LogP contribution in [0.4, 0.5) is 0 Å². The molecule has 1 saturated heterocycles. The van der Waals surface area contributed by atoms with Gasteiger partial charge < -0.3 is 4.74 Å². The second-order valence-electron chi connectivity index (χ2n) is 5.80. The molecule has 2 aromatic carbocycles. The lowest BCUT2D eigenvalue weighted by atomic mass is 10.1. The van der Waals surface area contributed by atoms with Crippen molar-refractivity contribution < 1.29 is 13.2 Å². The van der Waals surface area contributed by atoms with Crippen LogP contribution < -0.4 is 0 Å². The number of sulfonamides is 1. The van der Waals surface area contributed by atoms with E-state index in [9.17, 15) is 8.42 Å². The molecule has 0 amide bonds. The highest BCUT2D eigenvalue weighted by atomic mass is 32.2. The summed E-state index contributed by atoms with van der Waals surface area (Å²) in [7, 11) is -3.68. The van der Waals surface area contributed by atoms with Gasteiger partial charge in [-0.3, -0.25) is 0 Å². The van der Waals surface area contributed by atoms with Crippen LogP contribution in [0.3, 0.4) is 0 Å². The van der Waals surface area contributed by atoms with Crippen molar-refractivity contribution >= 4 is 10.0 Å². The smallest absolute Gasteiger partial charge is 0.243 e. The van der Waals surface area contributed by atoms with Gasteiger partial charge in [-0.1, -0.05) is 36.4 Å². The third-order valence-corrected chi connectivity index (χ3v) is 6.09. The van der Waals surface area contributed by atoms with Gasteiger partial charge in [0, 0.05) is 12.6 Å². The van der Waals surface area contributed by atoms with Crippen LogP contribution in [0.15, 0.2) is 59.5 Å². The quantitative estimate of drug-likeness (QED) is 0.860. The number of morpholine rings is 1. The Balaban J connectivity index is 1.92. The lowest BCUT2D eigenvalue weighted by Crippen LogP contribution is -2.48. The van der Waals surface area contributed by atoms with Crippen LogP contribution in [0.1, 0.15) is 24.2 Å². The molecule has 0 spiro atoms. The Kier molecular flexibility index (Phi) is 4.67. The van der Waals surface area contributed by atoms with Crippen molar-refractivity contribution in [1.29, 1.82) is 5.26 Å². The Morgan fingerprint density at radius 2 is 1.92 bits per heavy atom. The van der Waals surface area contributed by atoms with E-state index in [0.717, 1.165) is 5.56 Å². The number of hydrogen-bond donors (Lipinski definition) is 0. The number of rotatable bonds is 3. The molecule has 124 valence electrons. The van der Waals surface area contributed by atoms with Crippen LogP contribution in [0, 0.1) is 11.3 Å². The molecule has 1 heterocycles. The molecule has 0 bridgehead atoms. The number of benzene rings is 2. The van der Waals surface area contributed by atoms with Gasteiger partial charge in [-0.15, -0.1) is 0 Å². The minimum Gasteiger partial charge on any atom is -0.370 e. The van der Waals surface area contributed by atoms with E-state index in [2.05, 4.69) is 0 Å². The fourth-order valence-electron chi connectivity index (χ4n) is 2.80. The molecular formula is C18H18N2O3S. The highest BCUT2D eigenvalue weighted by molar-refractivity contribution is 7.89. The van der Waals surface area contributed by atoms with Crippen LogP contribution >= 0.6 is 0 Å². The second-order valence-corrected chi connectivity index (χ2v) is 7.69. The van der Waals surface area contributed by atoms with Crippen molar-refractivity contribution in [3.63, 3.8) is 0 Å². The van der Waals surface area contributed by atoms with Gasteiger partial charge in [0.25, 0.3) is 0 Å². The molecule has 24 heavy (non-hydrogen) atoms. The molecule has 0 aliphatic carbocycles. The minimum absolute atomic E-state index is 0.141. The Hall–Kier alpha value is -2.20. The van der Waals surface area contributed by atoms with Crippen molar-refractivity contribution in [2.75, 3.05) is 13.2 Å². The standard InChI is InChI=1S/C18H18N2O3S/c1-14-13-23-18(16-7-3-2-4-8-16)12-20(14)24(21,22)17-9-5-6-15(10-17)11-19/h2-10,14,18H,12-13H2,1H3/t14-,18-/m1/s1. The maximum absolute atomic E-state index is 13.0. The van der Waals surface area contributed by atoms with Crippen LogP contribution in [0.25, 0.3) is 0 Å². The summed E-state index contributed by atoms with van der Waals surface area (Å²) in [4.78, 5) is 0.141. The van der Waals surface area contributed by atoms with Crippen molar-refractivity contribution in [1.82, 2.24) is 4.31 Å². The van der Waals surface area contributed by atoms with E-state index in [1.165, 1.54) is 16.4 Å². The van der Waals surface area contributed by atoms with Gasteiger partial charge in [0.2, 0.25) is 10.0 Å². The number of hydrogen-bond acceptors (Lipinski definition) is 4. The molecule has 0 saturated carbocycles. The maximum Gasteiger partial charge on any atom is 0.243 e. The van der Waals surface area contributed by atoms with E-state index in [1.807, 2.05) is 43.3 Å². The van der Waals surface area contributed by atoms with Gasteiger partial charge >= 0.3 is 0 Å². The van der Waals surface area contributed by atoms with Gasteiger partial charge in [0.1, 0.15) is 0 Å². The predicted octanol–water partition coefficient (Wildman–Crippen LogP) is 2.71. The first kappa shape index (κ1) is 16.7. The summed E-state index contributed by atoms with van der Waals surface area (Å²) >= 11 is 0. The molecule has 2 aromatic rings. The lowest BCUT2D eigenvalue weighted by molar-refractivity contribution is -0.0288. The van der Waals surface area contributed by atoms with Gasteiger partial charge in [0.05, 0.1) is 29.2 Å². The summed E-state index contributed by atoms with van der Waals surface area (Å²) < 4.78 is 33.3. The molecule has 0 radical (unpaired) electrons. The monoisotopic (exact) mass is 342 g/mol. The molecule has 3 rings (SSSR count). The summed E-state index contributed by atoms with van der Waals surface area (Å²) in [5, 5.41) is 9.00. The summed E-state index contributed by atoms with van der Waals surface area (Å²) in [6, 6.07) is 17.4. The van der Waals surface area contributed by atoms with E-state index in [4.69, 9.17) is 10.00 Å². The second kappa shape index (κ2) is 6.73. The Labute approximate surface area is 142 Å². The van der Waals surface area contributed by atoms with E-state index in [-0.39, 0.29) is 23.6 Å². The Bertz CT molecular complexity index is 859. The van der Waals surface area contributed by atoms with Crippen molar-refractivity contribution in [2.45, 2.75) is 24.0 Å². The summed E-state index contributed by atoms with van der Waals surface area (Å²) in [5.74, 6) is 0. The summed E-state index contributed by atoms with van der Waals surface area (Å²) in [5.41, 5.74) is 1.28. The zero-order valence-corrected chi connectivity index (χ0v) is 14.1. The fraction of sp³-hybridized carbons (Fsp3) is 0.278. The SMILES string of the molecule is C[C@@H]1CO[C@@H](c2ccccc2)CN1S(=O)(=O)c1cccc(C#N)c1. The van der Waals surface area contributed by atoms with Gasteiger partial charge in [0.15, 0.2) is 0 Å². The first-order valence-corrected chi connectivity index (χ1v) is 9.15. The minimum atomic E-state index is -3.68. The highest BCUT2D eigenvalue weighted by Crippen LogP contribution is 2.29. The van der Waals surface area contributed by atoms with E-state index in [0.29, 0.717) is 12.2 Å². The van der Waals surface area contributed by atoms with Crippen molar-refractivity contribution in [2.24, 2.45) is 0 Å². The van der Waals surface area contributed by atoms with Crippen molar-refractivity contribution in [3.8, 4) is 6.07 Å². The lowest BCUT2D eigenvalue weighted by Gasteiger charge is -2.37. The van der Waals surface area contributed by atoms with Gasteiger partial charge in [-0.25, -0.2) is 8.42 Å². The first-order valence-electron chi connectivity index (χ1n) is 7.71.